The van der Waals surface area contributed by atoms with Crippen LogP contribution < -0.4 is 5.32 Å². The number of hydrogen-bond acceptors (Lipinski definition) is 4. The SMILES string of the molecule is O=C1CC(=O)NC(c2ncccn2)=N1. The maximum absolute atomic E-state index is 11.0. The van der Waals surface area contributed by atoms with Gasteiger partial charge in [-0.3, -0.25) is 9.59 Å². The molecule has 1 aromatic heterocycles. The molecule has 1 aliphatic heterocycles. The summed E-state index contributed by atoms with van der Waals surface area (Å²) >= 11 is 0. The van der Waals surface area contributed by atoms with Crippen LogP contribution in [0, 0.1) is 0 Å². The van der Waals surface area contributed by atoms with Crippen molar-refractivity contribution in [3.63, 3.8) is 0 Å². The lowest BCUT2D eigenvalue weighted by atomic mass is 10.3. The third kappa shape index (κ3) is 1.63. The van der Waals surface area contributed by atoms with Crippen LogP contribution in [-0.2, 0) is 9.59 Å². The van der Waals surface area contributed by atoms with Crippen LogP contribution in [-0.4, -0.2) is 27.6 Å². The summed E-state index contributed by atoms with van der Waals surface area (Å²) in [5.41, 5.74) is 0. The number of carbonyl (C=O) groups is 2. The minimum Gasteiger partial charge on any atom is -0.307 e. The van der Waals surface area contributed by atoms with Crippen LogP contribution in [0.15, 0.2) is 23.5 Å². The lowest BCUT2D eigenvalue weighted by molar-refractivity contribution is -0.127. The van der Waals surface area contributed by atoms with Crippen LogP contribution in [0.4, 0.5) is 0 Å². The Balaban J connectivity index is 2.35. The molecule has 0 aliphatic carbocycles. The summed E-state index contributed by atoms with van der Waals surface area (Å²) in [7, 11) is 0. The van der Waals surface area contributed by atoms with E-state index < -0.39 is 5.91 Å². The van der Waals surface area contributed by atoms with E-state index in [0.717, 1.165) is 0 Å². The second-order valence-corrected chi connectivity index (χ2v) is 2.65. The van der Waals surface area contributed by atoms with Crippen LogP contribution in [0.2, 0.25) is 0 Å². The number of amidine groups is 1. The molecule has 0 saturated carbocycles. The number of rotatable bonds is 1. The fourth-order valence-electron chi connectivity index (χ4n) is 1.03. The average Bonchev–Trinajstić information content (AvgIpc) is 2.18. The second kappa shape index (κ2) is 3.33. The third-order valence-corrected chi connectivity index (χ3v) is 1.58. The van der Waals surface area contributed by atoms with Gasteiger partial charge < -0.3 is 5.32 Å². The van der Waals surface area contributed by atoms with Crippen LogP contribution >= 0.6 is 0 Å². The number of aromatic nitrogens is 2. The summed E-state index contributed by atoms with van der Waals surface area (Å²) in [5.74, 6) is -0.496. The van der Waals surface area contributed by atoms with Gasteiger partial charge in [-0.15, -0.1) is 0 Å². The molecule has 0 radical (unpaired) electrons. The molecule has 6 heteroatoms. The molecule has 0 fully saturated rings. The largest absolute Gasteiger partial charge is 0.307 e. The van der Waals surface area contributed by atoms with Crippen LogP contribution in [0.1, 0.15) is 12.2 Å². The molecule has 6 nitrogen and oxygen atoms in total. The summed E-state index contributed by atoms with van der Waals surface area (Å²) in [6, 6.07) is 1.64. The van der Waals surface area contributed by atoms with Gasteiger partial charge >= 0.3 is 0 Å². The zero-order valence-corrected chi connectivity index (χ0v) is 7.10. The molecule has 1 N–H and O–H groups in total. The van der Waals surface area contributed by atoms with Gasteiger partial charge in [-0.1, -0.05) is 0 Å². The summed E-state index contributed by atoms with van der Waals surface area (Å²) in [5, 5.41) is 2.43. The van der Waals surface area contributed by atoms with Gasteiger partial charge in [0.25, 0.3) is 5.91 Å². The van der Waals surface area contributed by atoms with E-state index in [1.54, 1.807) is 6.07 Å². The smallest absolute Gasteiger partial charge is 0.257 e. The van der Waals surface area contributed by atoms with Crippen molar-refractivity contribution in [3.8, 4) is 0 Å². The molecule has 0 aromatic carbocycles. The highest BCUT2D eigenvalue weighted by atomic mass is 16.2. The van der Waals surface area contributed by atoms with Crippen molar-refractivity contribution in [2.45, 2.75) is 6.42 Å². The van der Waals surface area contributed by atoms with Crippen molar-refractivity contribution in [3.05, 3.63) is 24.3 Å². The summed E-state index contributed by atoms with van der Waals surface area (Å²) in [6.07, 6.45) is 2.81. The van der Waals surface area contributed by atoms with E-state index in [4.69, 9.17) is 0 Å². The Labute approximate surface area is 79.1 Å². The first-order chi connectivity index (χ1) is 6.75. The molecule has 0 unspecified atom stereocenters. The van der Waals surface area contributed by atoms with Gasteiger partial charge in [0.05, 0.1) is 0 Å². The molecule has 1 aromatic rings. The molecule has 1 aliphatic rings. The Hall–Kier alpha value is -2.11. The predicted molar refractivity (Wildman–Crippen MR) is 46.3 cm³/mol. The van der Waals surface area contributed by atoms with Crippen molar-refractivity contribution in [2.24, 2.45) is 4.99 Å². The van der Waals surface area contributed by atoms with Gasteiger partial charge in [0, 0.05) is 12.4 Å². The Morgan fingerprint density at radius 2 is 1.93 bits per heavy atom. The van der Waals surface area contributed by atoms with Gasteiger partial charge in [0.2, 0.25) is 5.91 Å². The maximum atomic E-state index is 11.0. The first kappa shape index (κ1) is 8.49. The van der Waals surface area contributed by atoms with Gasteiger partial charge in [-0.25, -0.2) is 9.97 Å². The van der Waals surface area contributed by atoms with Gasteiger partial charge in [0.1, 0.15) is 6.42 Å². The first-order valence-corrected chi connectivity index (χ1v) is 3.94. The number of nitrogens with zero attached hydrogens (tertiary/aromatic N) is 3. The number of hydrogen-bond donors (Lipinski definition) is 1. The number of nitrogens with one attached hydrogen (secondary N) is 1. The molecule has 2 rings (SSSR count). The zero-order chi connectivity index (χ0) is 9.97. The number of carbonyl (C=O) groups excluding carboxylic acids is 2. The topological polar surface area (TPSA) is 84.3 Å². The first-order valence-electron chi connectivity index (χ1n) is 3.94. The van der Waals surface area contributed by atoms with Crippen LogP contribution in [0.5, 0.6) is 0 Å². The van der Waals surface area contributed by atoms with Crippen molar-refractivity contribution in [1.29, 1.82) is 0 Å². The van der Waals surface area contributed by atoms with Gasteiger partial charge in [-0.2, -0.15) is 4.99 Å². The highest BCUT2D eigenvalue weighted by Gasteiger charge is 2.20. The van der Waals surface area contributed by atoms with E-state index in [-0.39, 0.29) is 24.0 Å². The molecule has 14 heavy (non-hydrogen) atoms. The minimum absolute atomic E-state index is 0.117. The van der Waals surface area contributed by atoms with Gasteiger partial charge in [0.15, 0.2) is 11.7 Å². The molecule has 0 atom stereocenters. The van der Waals surface area contributed by atoms with Crippen molar-refractivity contribution in [2.75, 3.05) is 0 Å². The Bertz CT molecular complexity index is 413. The Morgan fingerprint density at radius 1 is 1.21 bits per heavy atom. The fourth-order valence-corrected chi connectivity index (χ4v) is 1.03. The minimum atomic E-state index is -0.476. The molecule has 0 bridgehead atoms. The summed E-state index contributed by atoms with van der Waals surface area (Å²) in [4.78, 5) is 33.3. The molecular weight excluding hydrogens is 184 g/mol. The van der Waals surface area contributed by atoms with Crippen molar-refractivity contribution < 1.29 is 9.59 Å². The third-order valence-electron chi connectivity index (χ3n) is 1.58. The number of amides is 2. The zero-order valence-electron chi connectivity index (χ0n) is 7.10. The average molecular weight is 190 g/mol. The van der Waals surface area contributed by atoms with E-state index in [1.165, 1.54) is 12.4 Å². The molecular formula is C8H6N4O2. The van der Waals surface area contributed by atoms with E-state index in [1.807, 2.05) is 0 Å². The fraction of sp³-hybridized carbons (Fsp3) is 0.125. The lowest BCUT2D eigenvalue weighted by Crippen LogP contribution is -2.38. The van der Waals surface area contributed by atoms with E-state index in [0.29, 0.717) is 0 Å². The molecule has 70 valence electrons. The van der Waals surface area contributed by atoms with E-state index in [2.05, 4.69) is 20.3 Å². The highest BCUT2D eigenvalue weighted by Crippen LogP contribution is 1.98. The molecule has 2 heterocycles. The quantitative estimate of drug-likeness (QED) is 0.591. The predicted octanol–water partition coefficient (Wildman–Crippen LogP) is -0.730. The number of aliphatic imine (C=N–C) groups is 1. The monoisotopic (exact) mass is 190 g/mol. The lowest BCUT2D eigenvalue weighted by Gasteiger charge is -2.10. The summed E-state index contributed by atoms with van der Waals surface area (Å²) in [6.45, 7) is 0. The summed E-state index contributed by atoms with van der Waals surface area (Å²) < 4.78 is 0. The van der Waals surface area contributed by atoms with Crippen LogP contribution in [0.3, 0.4) is 0 Å². The maximum Gasteiger partial charge on any atom is 0.257 e. The Kier molecular flexibility index (Phi) is 2.02. The highest BCUT2D eigenvalue weighted by molar-refractivity contribution is 6.18. The van der Waals surface area contributed by atoms with E-state index in [9.17, 15) is 9.59 Å². The van der Waals surface area contributed by atoms with Gasteiger partial charge in [-0.05, 0) is 6.07 Å². The normalized spacial score (nSPS) is 16.1. The van der Waals surface area contributed by atoms with Crippen LogP contribution in [0.25, 0.3) is 0 Å². The van der Waals surface area contributed by atoms with E-state index >= 15 is 0 Å². The van der Waals surface area contributed by atoms with Crippen molar-refractivity contribution >= 4 is 17.6 Å². The standard InChI is InChI=1S/C8H6N4O2/c13-5-4-6(14)12-8(11-5)7-9-2-1-3-10-7/h1-3H,4H2,(H,11,12,13,14). The molecule has 0 saturated heterocycles. The van der Waals surface area contributed by atoms with Crippen molar-refractivity contribution in [1.82, 2.24) is 15.3 Å². The molecule has 2 amide bonds. The Morgan fingerprint density at radius 3 is 2.57 bits per heavy atom. The second-order valence-electron chi connectivity index (χ2n) is 2.65. The molecule has 0 spiro atoms.